The Balaban J connectivity index is 1.57. The summed E-state index contributed by atoms with van der Waals surface area (Å²) in [5.74, 6) is 0. The molecule has 1 aliphatic heterocycles. The minimum absolute atomic E-state index is 0.315. The van der Waals surface area contributed by atoms with Crippen LogP contribution >= 0.6 is 0 Å². The molecule has 1 aliphatic carbocycles. The molecule has 114 valence electrons. The largest absolute Gasteiger partial charge is 0.381 e. The number of nitriles is 1. The number of hydrogen-bond donors (Lipinski definition) is 1. The molecule has 1 saturated heterocycles. The number of nitrogens with one attached hydrogen (secondary N) is 1. The zero-order valence-corrected chi connectivity index (χ0v) is 13.0. The van der Waals surface area contributed by atoms with Gasteiger partial charge >= 0.3 is 0 Å². The molecule has 2 rings (SSSR count). The number of rotatable bonds is 8. The summed E-state index contributed by atoms with van der Waals surface area (Å²) in [5, 5.41) is 12.8. The topological polar surface area (TPSA) is 48.3 Å². The normalized spacial score (nSPS) is 24.2. The number of unbranched alkanes of at least 4 members (excludes halogenated alkanes) is 1. The Morgan fingerprint density at radius 3 is 2.50 bits per heavy atom. The van der Waals surface area contributed by atoms with Gasteiger partial charge in [0.1, 0.15) is 5.54 Å². The fraction of sp³-hybridized carbons (Fsp3) is 0.938. The first-order valence-electron chi connectivity index (χ1n) is 8.09. The Morgan fingerprint density at radius 2 is 1.95 bits per heavy atom. The summed E-state index contributed by atoms with van der Waals surface area (Å²) < 4.78 is 5.40. The second-order valence-electron chi connectivity index (χ2n) is 6.60. The monoisotopic (exact) mass is 279 g/mol. The average Bonchev–Trinajstić information content (AvgIpc) is 3.28. The van der Waals surface area contributed by atoms with Gasteiger partial charge in [0.15, 0.2) is 0 Å². The molecule has 4 nitrogen and oxygen atoms in total. The highest BCUT2D eigenvalue weighted by atomic mass is 16.5. The molecule has 2 aliphatic rings. The van der Waals surface area contributed by atoms with Gasteiger partial charge in [-0.25, -0.2) is 0 Å². The molecule has 0 radical (unpaired) electrons. The van der Waals surface area contributed by atoms with E-state index < -0.39 is 0 Å². The van der Waals surface area contributed by atoms with Crippen LogP contribution in [-0.2, 0) is 4.74 Å². The lowest BCUT2D eigenvalue weighted by Crippen LogP contribution is -2.42. The van der Waals surface area contributed by atoms with E-state index in [4.69, 9.17) is 4.74 Å². The van der Waals surface area contributed by atoms with Crippen molar-refractivity contribution >= 4 is 0 Å². The van der Waals surface area contributed by atoms with E-state index in [1.54, 1.807) is 0 Å². The van der Waals surface area contributed by atoms with Crippen molar-refractivity contribution in [3.8, 4) is 6.07 Å². The number of methoxy groups -OCH3 is 1. The molecular formula is C16H29N3O. The fourth-order valence-electron chi connectivity index (χ4n) is 3.02. The third kappa shape index (κ3) is 5.05. The number of likely N-dealkylation sites (tertiary alicyclic amines) is 1. The van der Waals surface area contributed by atoms with Crippen LogP contribution in [0.1, 0.15) is 51.9 Å². The second kappa shape index (κ2) is 7.40. The zero-order valence-electron chi connectivity index (χ0n) is 13.0. The van der Waals surface area contributed by atoms with Crippen molar-refractivity contribution in [1.29, 1.82) is 5.26 Å². The van der Waals surface area contributed by atoms with Crippen molar-refractivity contribution in [2.45, 2.75) is 69.6 Å². The highest BCUT2D eigenvalue weighted by Gasteiger charge is 2.31. The molecule has 0 amide bonds. The highest BCUT2D eigenvalue weighted by Crippen LogP contribution is 2.25. The molecule has 1 saturated carbocycles. The van der Waals surface area contributed by atoms with Gasteiger partial charge in [0.05, 0.1) is 12.2 Å². The molecule has 1 N–H and O–H groups in total. The molecule has 1 atom stereocenters. The van der Waals surface area contributed by atoms with Crippen molar-refractivity contribution in [3.05, 3.63) is 0 Å². The number of ether oxygens (including phenoxy) is 1. The molecule has 1 heterocycles. The van der Waals surface area contributed by atoms with Crippen molar-refractivity contribution in [2.24, 2.45) is 0 Å². The molecule has 0 aromatic rings. The Labute approximate surface area is 123 Å². The second-order valence-corrected chi connectivity index (χ2v) is 6.60. The summed E-state index contributed by atoms with van der Waals surface area (Å²) in [6.07, 6.45) is 8.57. The quantitative estimate of drug-likeness (QED) is 0.693. The Morgan fingerprint density at radius 1 is 1.25 bits per heavy atom. The standard InChI is InChI=1S/C16H29N3O/c1-16(13-17,18-14-5-6-14)9-3-4-10-19-11-7-15(20-2)8-12-19/h14-15,18H,3-12H2,1-2H3. The third-order valence-corrected chi connectivity index (χ3v) is 4.62. The average molecular weight is 279 g/mol. The van der Waals surface area contributed by atoms with E-state index in [1.165, 1.54) is 25.8 Å². The molecule has 2 fully saturated rings. The lowest BCUT2D eigenvalue weighted by Gasteiger charge is -2.31. The van der Waals surface area contributed by atoms with E-state index in [1.807, 2.05) is 7.11 Å². The van der Waals surface area contributed by atoms with E-state index in [0.29, 0.717) is 12.1 Å². The van der Waals surface area contributed by atoms with Gasteiger partial charge in [0.2, 0.25) is 0 Å². The van der Waals surface area contributed by atoms with E-state index in [9.17, 15) is 5.26 Å². The minimum atomic E-state index is -0.315. The van der Waals surface area contributed by atoms with Crippen LogP contribution in [0.15, 0.2) is 0 Å². The molecule has 4 heteroatoms. The molecule has 0 spiro atoms. The van der Waals surface area contributed by atoms with Gasteiger partial charge in [0, 0.05) is 26.2 Å². The van der Waals surface area contributed by atoms with Crippen molar-refractivity contribution in [2.75, 3.05) is 26.7 Å². The molecule has 0 aromatic carbocycles. The van der Waals surface area contributed by atoms with Crippen LogP contribution in [0.4, 0.5) is 0 Å². The van der Waals surface area contributed by atoms with Crippen LogP contribution in [0.5, 0.6) is 0 Å². The minimum Gasteiger partial charge on any atom is -0.381 e. The highest BCUT2D eigenvalue weighted by molar-refractivity contribution is 5.06. The van der Waals surface area contributed by atoms with Crippen molar-refractivity contribution in [3.63, 3.8) is 0 Å². The summed E-state index contributed by atoms with van der Waals surface area (Å²) in [7, 11) is 1.82. The van der Waals surface area contributed by atoms with E-state index in [0.717, 1.165) is 38.8 Å². The number of hydrogen-bond acceptors (Lipinski definition) is 4. The molecule has 0 bridgehead atoms. The Bertz CT molecular complexity index is 329. The van der Waals surface area contributed by atoms with Gasteiger partial charge in [0.25, 0.3) is 0 Å². The van der Waals surface area contributed by atoms with Crippen molar-refractivity contribution in [1.82, 2.24) is 10.2 Å². The van der Waals surface area contributed by atoms with Gasteiger partial charge in [-0.15, -0.1) is 0 Å². The van der Waals surface area contributed by atoms with Gasteiger partial charge in [-0.2, -0.15) is 5.26 Å². The summed E-state index contributed by atoms with van der Waals surface area (Å²) in [6, 6.07) is 3.06. The van der Waals surface area contributed by atoms with Crippen LogP contribution in [0, 0.1) is 11.3 Å². The molecule has 0 aromatic heterocycles. The first-order valence-corrected chi connectivity index (χ1v) is 8.09. The molecule has 20 heavy (non-hydrogen) atoms. The third-order valence-electron chi connectivity index (χ3n) is 4.62. The van der Waals surface area contributed by atoms with Crippen LogP contribution in [-0.4, -0.2) is 49.3 Å². The maximum absolute atomic E-state index is 9.33. The fourth-order valence-corrected chi connectivity index (χ4v) is 3.02. The lowest BCUT2D eigenvalue weighted by atomic mass is 9.96. The molecular weight excluding hydrogens is 250 g/mol. The lowest BCUT2D eigenvalue weighted by molar-refractivity contribution is 0.0406. The SMILES string of the molecule is COC1CCN(CCCCC(C)(C#N)NC2CC2)CC1. The van der Waals surface area contributed by atoms with Crippen LogP contribution < -0.4 is 5.32 Å². The van der Waals surface area contributed by atoms with Gasteiger partial charge < -0.3 is 9.64 Å². The predicted molar refractivity (Wildman–Crippen MR) is 80.5 cm³/mol. The summed E-state index contributed by atoms with van der Waals surface area (Å²) in [4.78, 5) is 2.54. The van der Waals surface area contributed by atoms with Crippen molar-refractivity contribution < 1.29 is 4.74 Å². The summed E-state index contributed by atoms with van der Waals surface area (Å²) in [5.41, 5.74) is -0.315. The Hall–Kier alpha value is -0.630. The zero-order chi connectivity index (χ0) is 14.4. The summed E-state index contributed by atoms with van der Waals surface area (Å²) >= 11 is 0. The summed E-state index contributed by atoms with van der Waals surface area (Å²) in [6.45, 7) is 5.54. The van der Waals surface area contributed by atoms with E-state index >= 15 is 0 Å². The van der Waals surface area contributed by atoms with E-state index in [-0.39, 0.29) is 5.54 Å². The number of nitrogens with zero attached hydrogens (tertiary/aromatic N) is 2. The maximum atomic E-state index is 9.33. The van der Waals surface area contributed by atoms with Gasteiger partial charge in [-0.05, 0) is 58.4 Å². The first-order chi connectivity index (χ1) is 9.65. The van der Waals surface area contributed by atoms with Crippen LogP contribution in [0.2, 0.25) is 0 Å². The van der Waals surface area contributed by atoms with Crippen LogP contribution in [0.25, 0.3) is 0 Å². The maximum Gasteiger partial charge on any atom is 0.104 e. The van der Waals surface area contributed by atoms with Crippen LogP contribution in [0.3, 0.4) is 0 Å². The van der Waals surface area contributed by atoms with Gasteiger partial charge in [-0.1, -0.05) is 0 Å². The van der Waals surface area contributed by atoms with E-state index in [2.05, 4.69) is 23.2 Å². The predicted octanol–water partition coefficient (Wildman–Crippen LogP) is 2.30. The van der Waals surface area contributed by atoms with Gasteiger partial charge in [-0.3, -0.25) is 5.32 Å². The smallest absolute Gasteiger partial charge is 0.104 e. The molecule has 1 unspecified atom stereocenters. The Kier molecular flexibility index (Phi) is 5.83. The first kappa shape index (κ1) is 15.8. The number of piperidine rings is 1.